The van der Waals surface area contributed by atoms with E-state index >= 15 is 0 Å². The molecule has 1 saturated heterocycles. The maximum atomic E-state index is 13.7. The Morgan fingerprint density at radius 1 is 1.44 bits per heavy atom. The van der Waals surface area contributed by atoms with Gasteiger partial charge in [0.25, 0.3) is 0 Å². The quantitative estimate of drug-likeness (QED) is 0.790. The van der Waals surface area contributed by atoms with Crippen LogP contribution in [-0.4, -0.2) is 19.8 Å². The van der Waals surface area contributed by atoms with Crippen molar-refractivity contribution in [1.82, 2.24) is 0 Å². The molecule has 1 aliphatic rings. The van der Waals surface area contributed by atoms with Crippen molar-refractivity contribution in [2.75, 3.05) is 19.8 Å². The van der Waals surface area contributed by atoms with Crippen LogP contribution in [0.4, 0.5) is 4.39 Å². The van der Waals surface area contributed by atoms with Gasteiger partial charge in [-0.1, -0.05) is 0 Å². The molecule has 0 saturated carbocycles. The lowest BCUT2D eigenvalue weighted by atomic mass is 10.1. The second kappa shape index (κ2) is 4.80. The molecular weight excluding hydrogens is 211 g/mol. The highest BCUT2D eigenvalue weighted by Crippen LogP contribution is 2.33. The topological polar surface area (TPSA) is 27.7 Å². The summed E-state index contributed by atoms with van der Waals surface area (Å²) in [5, 5.41) is 0. The predicted octanol–water partition coefficient (Wildman–Crippen LogP) is 2.39. The number of halogens is 1. The third kappa shape index (κ3) is 2.03. The van der Waals surface area contributed by atoms with Crippen LogP contribution in [0.15, 0.2) is 12.1 Å². The first-order valence-corrected chi connectivity index (χ1v) is 5.18. The number of benzene rings is 1. The summed E-state index contributed by atoms with van der Waals surface area (Å²) in [4.78, 5) is 0. The van der Waals surface area contributed by atoms with Crippen LogP contribution in [0.2, 0.25) is 0 Å². The van der Waals surface area contributed by atoms with E-state index in [9.17, 15) is 4.39 Å². The molecule has 0 aromatic heterocycles. The molecule has 0 bridgehead atoms. The van der Waals surface area contributed by atoms with Gasteiger partial charge in [-0.15, -0.1) is 0 Å². The first kappa shape index (κ1) is 11.4. The highest BCUT2D eigenvalue weighted by Gasteiger charge is 2.25. The third-order valence-corrected chi connectivity index (χ3v) is 2.53. The molecule has 3 nitrogen and oxygen atoms in total. The van der Waals surface area contributed by atoms with Crippen molar-refractivity contribution in [2.24, 2.45) is 0 Å². The lowest BCUT2D eigenvalue weighted by Gasteiger charge is -2.16. The molecule has 1 aromatic rings. The van der Waals surface area contributed by atoms with E-state index in [1.165, 1.54) is 6.07 Å². The molecule has 0 N–H and O–H groups in total. The van der Waals surface area contributed by atoms with Crippen molar-refractivity contribution < 1.29 is 18.6 Å². The zero-order valence-corrected chi connectivity index (χ0v) is 9.16. The summed E-state index contributed by atoms with van der Waals surface area (Å²) in [6.45, 7) is 6.66. The Morgan fingerprint density at radius 2 is 2.12 bits per heavy atom. The number of hydrogen-bond donors (Lipinski definition) is 0. The molecule has 0 aliphatic carbocycles. The lowest BCUT2D eigenvalue weighted by Crippen LogP contribution is -2.06. The highest BCUT2D eigenvalue weighted by molar-refractivity contribution is 5.41. The molecule has 1 radical (unpaired) electrons. The molecule has 16 heavy (non-hydrogen) atoms. The number of rotatable bonds is 3. The van der Waals surface area contributed by atoms with Gasteiger partial charge in [-0.25, -0.2) is 4.39 Å². The minimum absolute atomic E-state index is 0.304. The predicted molar refractivity (Wildman–Crippen MR) is 56.6 cm³/mol. The number of ether oxygens (including phenoxy) is 3. The van der Waals surface area contributed by atoms with E-state index in [2.05, 4.69) is 6.92 Å². The fourth-order valence-corrected chi connectivity index (χ4v) is 1.76. The molecule has 0 spiro atoms. The first-order chi connectivity index (χ1) is 7.74. The Morgan fingerprint density at radius 3 is 2.75 bits per heavy atom. The molecule has 2 rings (SSSR count). The van der Waals surface area contributed by atoms with E-state index < -0.39 is 6.29 Å². The van der Waals surface area contributed by atoms with Gasteiger partial charge < -0.3 is 14.2 Å². The van der Waals surface area contributed by atoms with Crippen LogP contribution in [0.1, 0.15) is 17.4 Å². The average molecular weight is 225 g/mol. The van der Waals surface area contributed by atoms with Crippen LogP contribution < -0.4 is 4.74 Å². The van der Waals surface area contributed by atoms with Crippen molar-refractivity contribution in [3.05, 3.63) is 36.0 Å². The van der Waals surface area contributed by atoms with E-state index in [0.717, 1.165) is 0 Å². The normalized spacial score (nSPS) is 16.7. The standard InChI is InChI=1S/C12H14FO3/c1-3-14-10-5-4-9(13)11(8(10)2)12-15-6-7-16-12/h4-5,12H,1,3,6-7H2,2H3. The number of hydrogen-bond acceptors (Lipinski definition) is 3. The molecule has 0 atom stereocenters. The van der Waals surface area contributed by atoms with Crippen molar-refractivity contribution in [3.8, 4) is 5.75 Å². The summed E-state index contributed by atoms with van der Waals surface area (Å²) in [7, 11) is 0. The van der Waals surface area contributed by atoms with Gasteiger partial charge >= 0.3 is 0 Å². The van der Waals surface area contributed by atoms with E-state index in [1.807, 2.05) is 0 Å². The second-order valence-corrected chi connectivity index (χ2v) is 3.51. The summed E-state index contributed by atoms with van der Waals surface area (Å²) in [5.74, 6) is 0.284. The fourth-order valence-electron chi connectivity index (χ4n) is 1.76. The summed E-state index contributed by atoms with van der Waals surface area (Å²) in [5.41, 5.74) is 1.12. The summed E-state index contributed by atoms with van der Waals surface area (Å²) in [6, 6.07) is 2.95. The zero-order chi connectivity index (χ0) is 11.5. The summed E-state index contributed by atoms with van der Waals surface area (Å²) in [6.07, 6.45) is -0.617. The molecule has 1 heterocycles. The largest absolute Gasteiger partial charge is 0.493 e. The smallest absolute Gasteiger partial charge is 0.187 e. The van der Waals surface area contributed by atoms with Crippen molar-refractivity contribution in [2.45, 2.75) is 13.2 Å². The fraction of sp³-hybridized carbons (Fsp3) is 0.417. The molecule has 87 valence electrons. The van der Waals surface area contributed by atoms with Crippen molar-refractivity contribution in [3.63, 3.8) is 0 Å². The highest BCUT2D eigenvalue weighted by atomic mass is 19.1. The van der Waals surface area contributed by atoms with E-state index in [4.69, 9.17) is 14.2 Å². The van der Waals surface area contributed by atoms with Gasteiger partial charge in [0.05, 0.1) is 25.4 Å². The molecule has 0 amide bonds. The average Bonchev–Trinajstić information content (AvgIpc) is 2.76. The minimum Gasteiger partial charge on any atom is -0.493 e. The van der Waals surface area contributed by atoms with Crippen LogP contribution in [0.5, 0.6) is 5.75 Å². The van der Waals surface area contributed by atoms with Crippen LogP contribution in [-0.2, 0) is 9.47 Å². The van der Waals surface area contributed by atoms with Gasteiger partial charge in [0.2, 0.25) is 0 Å². The van der Waals surface area contributed by atoms with Gasteiger partial charge in [-0.3, -0.25) is 0 Å². The Bertz CT molecular complexity index is 373. The molecular formula is C12H14FO3. The molecule has 4 heteroatoms. The molecule has 1 fully saturated rings. The Labute approximate surface area is 94.1 Å². The van der Waals surface area contributed by atoms with Gasteiger partial charge in [0.15, 0.2) is 6.29 Å². The molecule has 1 aromatic carbocycles. The van der Waals surface area contributed by atoms with Crippen molar-refractivity contribution in [1.29, 1.82) is 0 Å². The van der Waals surface area contributed by atoms with E-state index in [0.29, 0.717) is 36.7 Å². The van der Waals surface area contributed by atoms with Gasteiger partial charge in [0.1, 0.15) is 11.6 Å². The van der Waals surface area contributed by atoms with Crippen LogP contribution in [0, 0.1) is 19.7 Å². The maximum Gasteiger partial charge on any atom is 0.187 e. The molecule has 0 unspecified atom stereocenters. The Balaban J connectivity index is 2.37. The SMILES string of the molecule is [CH2]COc1ccc(F)c(C2OCCO2)c1C. The second-order valence-electron chi connectivity index (χ2n) is 3.51. The lowest BCUT2D eigenvalue weighted by molar-refractivity contribution is -0.0470. The Kier molecular flexibility index (Phi) is 3.41. The van der Waals surface area contributed by atoms with Gasteiger partial charge in [-0.2, -0.15) is 0 Å². The van der Waals surface area contributed by atoms with Crippen molar-refractivity contribution >= 4 is 0 Å². The van der Waals surface area contributed by atoms with E-state index in [1.54, 1.807) is 13.0 Å². The van der Waals surface area contributed by atoms with Crippen LogP contribution in [0.25, 0.3) is 0 Å². The van der Waals surface area contributed by atoms with Gasteiger partial charge in [-0.05, 0) is 26.0 Å². The molecule has 1 aliphatic heterocycles. The maximum absolute atomic E-state index is 13.7. The summed E-state index contributed by atoms with van der Waals surface area (Å²) >= 11 is 0. The van der Waals surface area contributed by atoms with Gasteiger partial charge in [0, 0.05) is 5.56 Å². The zero-order valence-electron chi connectivity index (χ0n) is 9.16. The monoisotopic (exact) mass is 225 g/mol. The van der Waals surface area contributed by atoms with Crippen LogP contribution >= 0.6 is 0 Å². The third-order valence-electron chi connectivity index (χ3n) is 2.53. The Hall–Kier alpha value is -1.13. The van der Waals surface area contributed by atoms with Crippen LogP contribution in [0.3, 0.4) is 0 Å². The van der Waals surface area contributed by atoms with E-state index in [-0.39, 0.29) is 5.82 Å². The first-order valence-electron chi connectivity index (χ1n) is 5.18. The minimum atomic E-state index is -0.617. The summed E-state index contributed by atoms with van der Waals surface area (Å²) < 4.78 is 29.6.